The summed E-state index contributed by atoms with van der Waals surface area (Å²) in [5.41, 5.74) is 8.03. The number of amides is 2. The minimum absolute atomic E-state index is 0.0181. The van der Waals surface area contributed by atoms with Crippen molar-refractivity contribution in [3.63, 3.8) is 0 Å². The van der Waals surface area contributed by atoms with Gasteiger partial charge >= 0.3 is 0 Å². The number of anilines is 3. The Balaban J connectivity index is 1.92. The van der Waals surface area contributed by atoms with Crippen LogP contribution in [0.4, 0.5) is 17.2 Å². The van der Waals surface area contributed by atoms with Crippen molar-refractivity contribution >= 4 is 52.2 Å². The van der Waals surface area contributed by atoms with Crippen molar-refractivity contribution in [2.24, 2.45) is 5.73 Å². The Labute approximate surface area is 197 Å². The smallest absolute Gasteiger partial charge is 0.255 e. The maximum atomic E-state index is 12.9. The molecule has 166 valence electrons. The van der Waals surface area contributed by atoms with Crippen LogP contribution in [0.15, 0.2) is 60.8 Å². The van der Waals surface area contributed by atoms with Gasteiger partial charge in [0.25, 0.3) is 5.91 Å². The highest BCUT2D eigenvalue weighted by atomic mass is 35.5. The van der Waals surface area contributed by atoms with Gasteiger partial charge in [-0.15, -0.1) is 0 Å². The van der Waals surface area contributed by atoms with Gasteiger partial charge in [-0.25, -0.2) is 4.98 Å². The summed E-state index contributed by atoms with van der Waals surface area (Å²) < 4.78 is 0. The largest absolute Gasteiger partial charge is 0.368 e. The summed E-state index contributed by atoms with van der Waals surface area (Å²) in [6.45, 7) is 6.17. The topological polar surface area (TPSA) is 88.3 Å². The minimum atomic E-state index is -0.600. The third-order valence-corrected chi connectivity index (χ3v) is 5.43. The number of carbonyl (C=O) groups is 2. The van der Waals surface area contributed by atoms with Gasteiger partial charge in [-0.1, -0.05) is 56.1 Å². The van der Waals surface area contributed by atoms with Crippen LogP contribution in [0.25, 0.3) is 0 Å². The molecule has 6 nitrogen and oxygen atoms in total. The molecule has 32 heavy (non-hydrogen) atoms. The number of benzene rings is 2. The van der Waals surface area contributed by atoms with Crippen molar-refractivity contribution in [3.8, 4) is 0 Å². The van der Waals surface area contributed by atoms with E-state index in [1.807, 2.05) is 24.3 Å². The summed E-state index contributed by atoms with van der Waals surface area (Å²) in [6.07, 6.45) is 1.54. The maximum absolute atomic E-state index is 12.9. The molecule has 3 rings (SSSR count). The number of nitrogens with zero attached hydrogens (tertiary/aromatic N) is 2. The molecule has 2 amide bonds. The molecule has 0 unspecified atom stereocenters. The number of aromatic nitrogens is 1. The Kier molecular flexibility index (Phi) is 7.06. The van der Waals surface area contributed by atoms with E-state index in [4.69, 9.17) is 28.9 Å². The summed E-state index contributed by atoms with van der Waals surface area (Å²) in [6, 6.07) is 15.8. The third kappa shape index (κ3) is 5.58. The van der Waals surface area contributed by atoms with E-state index in [1.54, 1.807) is 36.5 Å². The first-order valence-corrected chi connectivity index (χ1v) is 10.7. The average molecular weight is 471 g/mol. The molecule has 3 aromatic rings. The van der Waals surface area contributed by atoms with Crippen LogP contribution >= 0.6 is 23.2 Å². The summed E-state index contributed by atoms with van der Waals surface area (Å²) in [5, 5.41) is 3.52. The lowest BCUT2D eigenvalue weighted by Gasteiger charge is -2.24. The molecular weight excluding hydrogens is 447 g/mol. The van der Waals surface area contributed by atoms with Gasteiger partial charge in [-0.3, -0.25) is 9.59 Å². The Morgan fingerprint density at radius 3 is 2.31 bits per heavy atom. The number of nitrogens with one attached hydrogen (secondary N) is 1. The Bertz CT molecular complexity index is 1140. The van der Waals surface area contributed by atoms with E-state index in [9.17, 15) is 9.59 Å². The van der Waals surface area contributed by atoms with Crippen LogP contribution < -0.4 is 16.0 Å². The van der Waals surface area contributed by atoms with Crippen LogP contribution in [-0.4, -0.2) is 23.3 Å². The van der Waals surface area contributed by atoms with Crippen LogP contribution in [0.1, 0.15) is 36.7 Å². The van der Waals surface area contributed by atoms with Crippen molar-refractivity contribution < 1.29 is 9.59 Å². The number of rotatable bonds is 6. The molecule has 1 heterocycles. The van der Waals surface area contributed by atoms with Gasteiger partial charge in [-0.2, -0.15) is 0 Å². The normalized spacial score (nSPS) is 11.2. The highest BCUT2D eigenvalue weighted by Gasteiger charge is 2.21. The molecule has 0 bridgehead atoms. The van der Waals surface area contributed by atoms with Gasteiger partial charge in [0.05, 0.1) is 15.7 Å². The highest BCUT2D eigenvalue weighted by molar-refractivity contribution is 6.35. The van der Waals surface area contributed by atoms with Gasteiger partial charge in [0.2, 0.25) is 5.91 Å². The van der Waals surface area contributed by atoms with Crippen LogP contribution in [0.2, 0.25) is 10.0 Å². The molecular formula is C24H24Cl2N4O2. The predicted octanol–water partition coefficient (Wildman–Crippen LogP) is 5.56. The molecule has 0 atom stereocenters. The molecule has 0 aliphatic heterocycles. The fraction of sp³-hybridized carbons (Fsp3) is 0.208. The molecule has 1 aromatic heterocycles. The number of hydrogen-bond acceptors (Lipinski definition) is 4. The molecule has 0 saturated carbocycles. The zero-order valence-corrected chi connectivity index (χ0v) is 19.5. The Morgan fingerprint density at radius 1 is 1.03 bits per heavy atom. The second kappa shape index (κ2) is 9.59. The average Bonchev–Trinajstić information content (AvgIpc) is 2.72. The van der Waals surface area contributed by atoms with Crippen LogP contribution in [0.5, 0.6) is 0 Å². The predicted molar refractivity (Wildman–Crippen MR) is 130 cm³/mol. The third-order valence-electron chi connectivity index (χ3n) is 4.82. The first-order chi connectivity index (χ1) is 15.1. The molecule has 0 spiro atoms. The summed E-state index contributed by atoms with van der Waals surface area (Å²) in [5.74, 6) is -0.612. The van der Waals surface area contributed by atoms with E-state index in [2.05, 4.69) is 31.1 Å². The van der Waals surface area contributed by atoms with Gasteiger partial charge in [0.1, 0.15) is 6.54 Å². The first-order valence-electron chi connectivity index (χ1n) is 9.94. The summed E-state index contributed by atoms with van der Waals surface area (Å²) in [7, 11) is 0. The molecule has 3 N–H and O–H groups in total. The van der Waals surface area contributed by atoms with Crippen molar-refractivity contribution in [3.05, 3.63) is 82.0 Å². The number of hydrogen-bond donors (Lipinski definition) is 2. The second-order valence-corrected chi connectivity index (χ2v) is 9.12. The van der Waals surface area contributed by atoms with Crippen molar-refractivity contribution in [2.45, 2.75) is 26.2 Å². The number of nitrogens with two attached hydrogens (primary N) is 1. The lowest BCUT2D eigenvalue weighted by molar-refractivity contribution is -0.116. The number of pyridine rings is 1. The highest BCUT2D eigenvalue weighted by Crippen LogP contribution is 2.35. The maximum Gasteiger partial charge on any atom is 0.255 e. The number of halogens is 2. The van der Waals surface area contributed by atoms with Crippen molar-refractivity contribution in [1.29, 1.82) is 0 Å². The lowest BCUT2D eigenvalue weighted by atomic mass is 9.87. The Morgan fingerprint density at radius 2 is 1.72 bits per heavy atom. The first kappa shape index (κ1) is 23.6. The van der Waals surface area contributed by atoms with Gasteiger partial charge in [0, 0.05) is 17.4 Å². The molecule has 2 aromatic carbocycles. The molecule has 8 heteroatoms. The van der Waals surface area contributed by atoms with E-state index in [0.29, 0.717) is 32.8 Å². The number of carbonyl (C=O) groups excluding carboxylic acids is 2. The second-order valence-electron chi connectivity index (χ2n) is 8.31. The van der Waals surface area contributed by atoms with Gasteiger partial charge in [-0.05, 0) is 53.4 Å². The van der Waals surface area contributed by atoms with E-state index >= 15 is 0 Å². The van der Waals surface area contributed by atoms with Gasteiger partial charge < -0.3 is 16.0 Å². The number of primary amides is 1. The molecule has 0 radical (unpaired) electrons. The SMILES string of the molecule is CC(C)(C)c1ccc(NC(=O)c2ccc(Cl)c(N(CC(N)=O)c3ncccc3Cl)c2)cc1. The van der Waals surface area contributed by atoms with Crippen LogP contribution in [0.3, 0.4) is 0 Å². The van der Waals surface area contributed by atoms with Crippen molar-refractivity contribution in [1.82, 2.24) is 4.98 Å². The van der Waals surface area contributed by atoms with E-state index in [-0.39, 0.29) is 17.9 Å². The van der Waals surface area contributed by atoms with E-state index in [1.165, 1.54) is 10.5 Å². The Hall–Kier alpha value is -3.09. The fourth-order valence-electron chi connectivity index (χ4n) is 3.12. The molecule has 0 aliphatic carbocycles. The van der Waals surface area contributed by atoms with Crippen molar-refractivity contribution in [2.75, 3.05) is 16.8 Å². The molecule has 0 saturated heterocycles. The van der Waals surface area contributed by atoms with E-state index < -0.39 is 5.91 Å². The fourth-order valence-corrected chi connectivity index (χ4v) is 3.57. The van der Waals surface area contributed by atoms with Crippen LogP contribution in [-0.2, 0) is 10.2 Å². The van der Waals surface area contributed by atoms with Gasteiger partial charge in [0.15, 0.2) is 5.82 Å². The summed E-state index contributed by atoms with van der Waals surface area (Å²) >= 11 is 12.7. The molecule has 0 aliphatic rings. The quantitative estimate of drug-likeness (QED) is 0.493. The molecule has 0 fully saturated rings. The van der Waals surface area contributed by atoms with Crippen LogP contribution in [0, 0.1) is 0 Å². The standard InChI is InChI=1S/C24H24Cl2N4O2/c1-24(2,3)16-7-9-17(10-8-16)29-23(32)15-6-11-18(25)20(13-15)30(14-21(27)31)22-19(26)5-4-12-28-22/h4-13H,14H2,1-3H3,(H2,27,31)(H,29,32). The lowest BCUT2D eigenvalue weighted by Crippen LogP contribution is -2.31. The summed E-state index contributed by atoms with van der Waals surface area (Å²) in [4.78, 5) is 30.4. The minimum Gasteiger partial charge on any atom is -0.368 e. The zero-order chi connectivity index (χ0) is 23.5. The van der Waals surface area contributed by atoms with E-state index in [0.717, 1.165) is 0 Å². The zero-order valence-electron chi connectivity index (χ0n) is 18.0. The monoisotopic (exact) mass is 470 g/mol.